The molecule has 0 saturated heterocycles. The van der Waals surface area contributed by atoms with Gasteiger partial charge in [-0.3, -0.25) is 4.79 Å². The molecular formula is C24H40O5. The summed E-state index contributed by atoms with van der Waals surface area (Å²) in [6.07, 6.45) is 5.99. The second-order valence-electron chi connectivity index (χ2n) is 11.4. The fraction of sp³-hybridized carbons (Fsp3) is 0.958. The number of hydrogen-bond donors (Lipinski definition) is 4. The summed E-state index contributed by atoms with van der Waals surface area (Å²) in [6.45, 7) is 6.66. The first kappa shape index (κ1) is 21.6. The number of aliphatic hydroxyl groups excluding tert-OH is 3. The molecule has 4 saturated carbocycles. The van der Waals surface area contributed by atoms with Gasteiger partial charge in [0.25, 0.3) is 0 Å². The smallest absolute Gasteiger partial charge is 0.303 e. The fourth-order valence-electron chi connectivity index (χ4n) is 8.94. The van der Waals surface area contributed by atoms with Gasteiger partial charge in [-0.15, -0.1) is 0 Å². The summed E-state index contributed by atoms with van der Waals surface area (Å²) in [5.74, 6) is 0.920. The molecule has 4 aliphatic carbocycles. The third kappa shape index (κ3) is 3.18. The van der Waals surface area contributed by atoms with Crippen molar-refractivity contribution in [1.29, 1.82) is 0 Å². The number of rotatable bonds is 4. The van der Waals surface area contributed by atoms with Gasteiger partial charge in [0.1, 0.15) is 0 Å². The first-order valence-corrected chi connectivity index (χ1v) is 11.9. The van der Waals surface area contributed by atoms with E-state index in [1.165, 1.54) is 0 Å². The SMILES string of the molecule is CC(CCC(=O)O)C1CCC2C3CC(O)C4C(O)CCCC4(C)C3CC(O)C12C. The van der Waals surface area contributed by atoms with Crippen molar-refractivity contribution in [3.05, 3.63) is 0 Å². The molecule has 0 aromatic rings. The Morgan fingerprint density at radius 2 is 1.76 bits per heavy atom. The number of aliphatic hydroxyl groups is 3. The third-order valence-corrected chi connectivity index (χ3v) is 10.3. The van der Waals surface area contributed by atoms with Crippen LogP contribution < -0.4 is 0 Å². The van der Waals surface area contributed by atoms with E-state index in [4.69, 9.17) is 5.11 Å². The van der Waals surface area contributed by atoms with Crippen molar-refractivity contribution in [3.8, 4) is 0 Å². The first-order valence-electron chi connectivity index (χ1n) is 11.9. The highest BCUT2D eigenvalue weighted by molar-refractivity contribution is 5.66. The maximum absolute atomic E-state index is 11.5. The van der Waals surface area contributed by atoms with Crippen LogP contribution in [0, 0.1) is 46.3 Å². The second kappa shape index (κ2) is 7.49. The molecule has 166 valence electrons. The van der Waals surface area contributed by atoms with Crippen LogP contribution in [0.2, 0.25) is 0 Å². The van der Waals surface area contributed by atoms with Crippen molar-refractivity contribution >= 4 is 5.97 Å². The van der Waals surface area contributed by atoms with Gasteiger partial charge in [-0.05, 0) is 85.4 Å². The van der Waals surface area contributed by atoms with E-state index in [0.29, 0.717) is 30.1 Å². The van der Waals surface area contributed by atoms with Crippen LogP contribution in [0.5, 0.6) is 0 Å². The van der Waals surface area contributed by atoms with E-state index >= 15 is 0 Å². The molecule has 11 unspecified atom stereocenters. The molecule has 0 amide bonds. The van der Waals surface area contributed by atoms with Crippen molar-refractivity contribution in [2.24, 2.45) is 46.3 Å². The molecule has 0 aromatic heterocycles. The minimum absolute atomic E-state index is 0.0688. The molecule has 4 rings (SSSR count). The average molecular weight is 409 g/mol. The van der Waals surface area contributed by atoms with Crippen LogP contribution in [0.1, 0.15) is 78.6 Å². The zero-order chi connectivity index (χ0) is 21.1. The molecule has 0 spiro atoms. The molecule has 0 aromatic carbocycles. The Hall–Kier alpha value is -0.650. The Labute approximate surface area is 174 Å². The van der Waals surface area contributed by atoms with Crippen LogP contribution >= 0.6 is 0 Å². The molecule has 0 aliphatic heterocycles. The van der Waals surface area contributed by atoms with E-state index in [0.717, 1.165) is 44.9 Å². The molecule has 4 N–H and O–H groups in total. The minimum Gasteiger partial charge on any atom is -0.481 e. The van der Waals surface area contributed by atoms with Gasteiger partial charge < -0.3 is 20.4 Å². The van der Waals surface area contributed by atoms with Gasteiger partial charge in [0.15, 0.2) is 0 Å². The maximum Gasteiger partial charge on any atom is 0.303 e. The standard InChI is InChI=1S/C24H40O5/c1-13(6-9-21(28)29)15-7-8-16-14-11-19(26)22-18(25)5-4-10-23(22,2)17(14)12-20(27)24(15,16)3/h13-20,22,25-27H,4-12H2,1-3H3,(H,28,29). The number of fused-ring (bicyclic) bond motifs is 5. The van der Waals surface area contributed by atoms with Crippen LogP contribution in [0.3, 0.4) is 0 Å². The predicted octanol–water partition coefficient (Wildman–Crippen LogP) is 3.45. The van der Waals surface area contributed by atoms with Crippen molar-refractivity contribution in [2.45, 2.75) is 96.9 Å². The summed E-state index contributed by atoms with van der Waals surface area (Å²) in [5.41, 5.74) is -0.301. The molecule has 5 heteroatoms. The van der Waals surface area contributed by atoms with E-state index in [1.54, 1.807) is 0 Å². The van der Waals surface area contributed by atoms with E-state index in [1.807, 2.05) is 0 Å². The van der Waals surface area contributed by atoms with E-state index in [2.05, 4.69) is 20.8 Å². The summed E-state index contributed by atoms with van der Waals surface area (Å²) in [5, 5.41) is 42.3. The van der Waals surface area contributed by atoms with Gasteiger partial charge >= 0.3 is 5.97 Å². The molecule has 29 heavy (non-hydrogen) atoms. The molecule has 0 heterocycles. The molecule has 0 bridgehead atoms. The van der Waals surface area contributed by atoms with E-state index in [9.17, 15) is 20.1 Å². The third-order valence-electron chi connectivity index (χ3n) is 10.3. The van der Waals surface area contributed by atoms with Crippen molar-refractivity contribution in [3.63, 3.8) is 0 Å². The summed E-state index contributed by atoms with van der Waals surface area (Å²) in [6, 6.07) is 0. The fourth-order valence-corrected chi connectivity index (χ4v) is 8.94. The van der Waals surface area contributed by atoms with Crippen LogP contribution in [0.25, 0.3) is 0 Å². The number of aliphatic carboxylic acids is 1. The summed E-state index contributed by atoms with van der Waals surface area (Å²) < 4.78 is 0. The second-order valence-corrected chi connectivity index (χ2v) is 11.4. The molecular weight excluding hydrogens is 368 g/mol. The minimum atomic E-state index is -0.744. The quantitative estimate of drug-likeness (QED) is 0.571. The molecule has 11 atom stereocenters. The lowest BCUT2D eigenvalue weighted by Gasteiger charge is -2.63. The highest BCUT2D eigenvalue weighted by atomic mass is 16.4. The lowest BCUT2D eigenvalue weighted by molar-refractivity contribution is -0.214. The number of hydrogen-bond acceptors (Lipinski definition) is 4. The van der Waals surface area contributed by atoms with Gasteiger partial charge in [-0.25, -0.2) is 0 Å². The summed E-state index contributed by atoms with van der Waals surface area (Å²) in [4.78, 5) is 11.1. The van der Waals surface area contributed by atoms with Gasteiger partial charge in [0.05, 0.1) is 18.3 Å². The number of carboxylic acid groups (broad SMARTS) is 1. The van der Waals surface area contributed by atoms with Crippen LogP contribution in [0.15, 0.2) is 0 Å². The van der Waals surface area contributed by atoms with Gasteiger partial charge in [0.2, 0.25) is 0 Å². The van der Waals surface area contributed by atoms with Crippen molar-refractivity contribution in [1.82, 2.24) is 0 Å². The zero-order valence-corrected chi connectivity index (χ0v) is 18.3. The Kier molecular flexibility index (Phi) is 5.57. The Morgan fingerprint density at radius 3 is 2.45 bits per heavy atom. The lowest BCUT2D eigenvalue weighted by Crippen LogP contribution is -2.63. The summed E-state index contributed by atoms with van der Waals surface area (Å²) in [7, 11) is 0. The Balaban J connectivity index is 1.61. The molecule has 0 radical (unpaired) electrons. The first-order chi connectivity index (χ1) is 13.6. The van der Waals surface area contributed by atoms with Crippen molar-refractivity contribution in [2.75, 3.05) is 0 Å². The van der Waals surface area contributed by atoms with Gasteiger partial charge in [-0.1, -0.05) is 27.2 Å². The molecule has 5 nitrogen and oxygen atoms in total. The van der Waals surface area contributed by atoms with E-state index in [-0.39, 0.29) is 35.2 Å². The number of carboxylic acids is 1. The van der Waals surface area contributed by atoms with Gasteiger partial charge in [-0.2, -0.15) is 0 Å². The Bertz CT molecular complexity index is 637. The predicted molar refractivity (Wildman–Crippen MR) is 110 cm³/mol. The maximum atomic E-state index is 11.5. The van der Waals surface area contributed by atoms with Crippen molar-refractivity contribution < 1.29 is 25.2 Å². The zero-order valence-electron chi connectivity index (χ0n) is 18.3. The van der Waals surface area contributed by atoms with Crippen LogP contribution in [-0.2, 0) is 4.79 Å². The van der Waals surface area contributed by atoms with Crippen LogP contribution in [-0.4, -0.2) is 44.7 Å². The Morgan fingerprint density at radius 1 is 1.03 bits per heavy atom. The normalized spacial score (nSPS) is 52.9. The largest absolute Gasteiger partial charge is 0.481 e. The highest BCUT2D eigenvalue weighted by Crippen LogP contribution is 2.68. The highest BCUT2D eigenvalue weighted by Gasteiger charge is 2.65. The topological polar surface area (TPSA) is 98.0 Å². The van der Waals surface area contributed by atoms with Gasteiger partial charge in [0, 0.05) is 12.3 Å². The number of carbonyl (C=O) groups is 1. The summed E-state index contributed by atoms with van der Waals surface area (Å²) >= 11 is 0. The lowest BCUT2D eigenvalue weighted by atomic mass is 9.43. The van der Waals surface area contributed by atoms with E-state index < -0.39 is 18.2 Å². The molecule has 4 fully saturated rings. The molecule has 4 aliphatic rings. The average Bonchev–Trinajstić information content (AvgIpc) is 3.00. The van der Waals surface area contributed by atoms with Crippen LogP contribution in [0.4, 0.5) is 0 Å². The monoisotopic (exact) mass is 408 g/mol.